The molecule has 0 fully saturated rings. The zero-order chi connectivity index (χ0) is 26.4. The largest absolute Gasteiger partial charge is 0.487 e. The van der Waals surface area contributed by atoms with Crippen LogP contribution in [0.1, 0.15) is 72.9 Å². The number of rotatable bonds is 10. The molecule has 8 heteroatoms. The maximum atomic E-state index is 12.8. The average molecular weight is 507 g/mol. The second-order valence-electron chi connectivity index (χ2n) is 9.39. The molecule has 1 amide bonds. The first-order valence-electron chi connectivity index (χ1n) is 12.7. The number of carbonyl (C=O) groups is 2. The van der Waals surface area contributed by atoms with E-state index in [-0.39, 0.29) is 30.8 Å². The first-order valence-corrected chi connectivity index (χ1v) is 12.7. The summed E-state index contributed by atoms with van der Waals surface area (Å²) in [5.41, 5.74) is 3.87. The van der Waals surface area contributed by atoms with Gasteiger partial charge in [-0.1, -0.05) is 19.9 Å². The van der Waals surface area contributed by atoms with E-state index in [2.05, 4.69) is 11.1 Å². The number of benzene rings is 1. The number of nitrogens with zero attached hydrogens (tertiary/aromatic N) is 2. The maximum absolute atomic E-state index is 12.8. The van der Waals surface area contributed by atoms with Gasteiger partial charge in [0.25, 0.3) is 0 Å². The summed E-state index contributed by atoms with van der Waals surface area (Å²) >= 11 is 0. The standard InChI is InChI=1S/C29H34N2O6/c1-5-34-28(33)11-8-22-15-21-12-13-31(27(32)10-9-24-7-6-14-35-24)17-23(21)16-26(22)36-18-25-20(4)37-29(30-25)19(2)3/h6-7,9-10,14-16,19H,5,8,11-13,17-18H2,1-4H3/b10-9+. The van der Waals surface area contributed by atoms with Gasteiger partial charge in [-0.15, -0.1) is 0 Å². The Morgan fingerprint density at radius 2 is 2.08 bits per heavy atom. The SMILES string of the molecule is CCOC(=O)CCc1cc2c(cc1OCc1nc(C(C)C)oc1C)CN(C(=O)/C=C/c1ccco1)CC2. The van der Waals surface area contributed by atoms with E-state index in [1.54, 1.807) is 36.3 Å². The number of hydrogen-bond donors (Lipinski definition) is 0. The third-order valence-electron chi connectivity index (χ3n) is 6.31. The molecule has 0 saturated heterocycles. The van der Waals surface area contributed by atoms with Gasteiger partial charge in [-0.05, 0) is 67.7 Å². The van der Waals surface area contributed by atoms with E-state index in [9.17, 15) is 9.59 Å². The number of oxazole rings is 1. The molecule has 0 spiro atoms. The number of ether oxygens (including phenoxy) is 2. The number of aromatic nitrogens is 1. The first-order chi connectivity index (χ1) is 17.8. The summed E-state index contributed by atoms with van der Waals surface area (Å²) in [4.78, 5) is 31.2. The fraction of sp³-hybridized carbons (Fsp3) is 0.414. The number of aryl methyl sites for hydroxylation is 2. The molecule has 0 radical (unpaired) electrons. The van der Waals surface area contributed by atoms with Crippen LogP contribution in [0.15, 0.2) is 45.4 Å². The van der Waals surface area contributed by atoms with Crippen LogP contribution in [-0.4, -0.2) is 34.9 Å². The fourth-order valence-corrected chi connectivity index (χ4v) is 4.25. The Hall–Kier alpha value is -3.81. The minimum atomic E-state index is -0.236. The lowest BCUT2D eigenvalue weighted by atomic mass is 9.94. The Kier molecular flexibility index (Phi) is 8.48. The van der Waals surface area contributed by atoms with Crippen molar-refractivity contribution in [2.24, 2.45) is 0 Å². The molecule has 0 bridgehead atoms. The van der Waals surface area contributed by atoms with Gasteiger partial charge in [-0.25, -0.2) is 4.98 Å². The van der Waals surface area contributed by atoms with Gasteiger partial charge in [-0.2, -0.15) is 0 Å². The Labute approximate surface area is 217 Å². The number of fused-ring (bicyclic) bond motifs is 1. The summed E-state index contributed by atoms with van der Waals surface area (Å²) in [5, 5.41) is 0. The normalized spacial score (nSPS) is 13.3. The Bertz CT molecular complexity index is 1260. The van der Waals surface area contributed by atoms with Gasteiger partial charge in [0.2, 0.25) is 5.91 Å². The summed E-state index contributed by atoms with van der Waals surface area (Å²) in [6.07, 6.45) is 6.29. The van der Waals surface area contributed by atoms with Crippen LogP contribution in [0, 0.1) is 6.92 Å². The van der Waals surface area contributed by atoms with E-state index in [1.165, 1.54) is 6.08 Å². The van der Waals surface area contributed by atoms with E-state index in [1.807, 2.05) is 26.8 Å². The predicted molar refractivity (Wildman–Crippen MR) is 138 cm³/mol. The average Bonchev–Trinajstić information content (AvgIpc) is 3.54. The van der Waals surface area contributed by atoms with Crippen LogP contribution in [0.4, 0.5) is 0 Å². The highest BCUT2D eigenvalue weighted by Gasteiger charge is 2.22. The molecule has 0 aliphatic carbocycles. The van der Waals surface area contributed by atoms with Gasteiger partial charge in [0, 0.05) is 31.5 Å². The summed E-state index contributed by atoms with van der Waals surface area (Å²) in [5.74, 6) is 2.60. The zero-order valence-corrected chi connectivity index (χ0v) is 21.9. The van der Waals surface area contributed by atoms with Crippen LogP contribution < -0.4 is 4.74 Å². The Morgan fingerprint density at radius 3 is 2.78 bits per heavy atom. The smallest absolute Gasteiger partial charge is 0.306 e. The van der Waals surface area contributed by atoms with Crippen molar-refractivity contribution in [3.05, 3.63) is 76.4 Å². The van der Waals surface area contributed by atoms with Gasteiger partial charge in [0.15, 0.2) is 5.89 Å². The molecule has 37 heavy (non-hydrogen) atoms. The molecule has 3 heterocycles. The highest BCUT2D eigenvalue weighted by atomic mass is 16.5. The quantitative estimate of drug-likeness (QED) is 0.269. The lowest BCUT2D eigenvalue weighted by Gasteiger charge is -2.29. The fourth-order valence-electron chi connectivity index (χ4n) is 4.25. The predicted octanol–water partition coefficient (Wildman–Crippen LogP) is 5.37. The lowest BCUT2D eigenvalue weighted by molar-refractivity contribution is -0.143. The second-order valence-corrected chi connectivity index (χ2v) is 9.39. The van der Waals surface area contributed by atoms with E-state index < -0.39 is 0 Å². The van der Waals surface area contributed by atoms with Gasteiger partial charge < -0.3 is 23.2 Å². The molecule has 1 aromatic carbocycles. The van der Waals surface area contributed by atoms with E-state index in [0.717, 1.165) is 34.6 Å². The van der Waals surface area contributed by atoms with Crippen LogP contribution in [0.3, 0.4) is 0 Å². The van der Waals surface area contributed by atoms with Crippen molar-refractivity contribution >= 4 is 18.0 Å². The topological polar surface area (TPSA) is 95.0 Å². The highest BCUT2D eigenvalue weighted by molar-refractivity contribution is 5.91. The van der Waals surface area contributed by atoms with Crippen molar-refractivity contribution < 1.29 is 27.9 Å². The van der Waals surface area contributed by atoms with Crippen molar-refractivity contribution in [3.63, 3.8) is 0 Å². The minimum Gasteiger partial charge on any atom is -0.487 e. The highest BCUT2D eigenvalue weighted by Crippen LogP contribution is 2.30. The van der Waals surface area contributed by atoms with Crippen molar-refractivity contribution in [2.75, 3.05) is 13.2 Å². The summed E-state index contributed by atoms with van der Waals surface area (Å²) in [7, 11) is 0. The lowest BCUT2D eigenvalue weighted by Crippen LogP contribution is -2.34. The molecule has 0 saturated carbocycles. The number of carbonyl (C=O) groups excluding carboxylic acids is 2. The van der Waals surface area contributed by atoms with Crippen LogP contribution >= 0.6 is 0 Å². The maximum Gasteiger partial charge on any atom is 0.306 e. The molecule has 0 unspecified atom stereocenters. The molecule has 0 atom stereocenters. The van der Waals surface area contributed by atoms with Crippen molar-refractivity contribution in [2.45, 2.75) is 66.0 Å². The summed E-state index contributed by atoms with van der Waals surface area (Å²) < 4.78 is 22.4. The number of amides is 1. The van der Waals surface area contributed by atoms with Crippen molar-refractivity contribution in [1.29, 1.82) is 0 Å². The van der Waals surface area contributed by atoms with Crippen LogP contribution in [0.25, 0.3) is 6.08 Å². The third kappa shape index (κ3) is 6.70. The monoisotopic (exact) mass is 506 g/mol. The molecule has 1 aliphatic heterocycles. The van der Waals surface area contributed by atoms with Gasteiger partial charge in [0.05, 0.1) is 12.9 Å². The van der Waals surface area contributed by atoms with Gasteiger partial charge in [0.1, 0.15) is 29.6 Å². The van der Waals surface area contributed by atoms with Crippen LogP contribution in [0.2, 0.25) is 0 Å². The van der Waals surface area contributed by atoms with Crippen LogP contribution in [-0.2, 0) is 40.3 Å². The molecular weight excluding hydrogens is 472 g/mol. The van der Waals surface area contributed by atoms with E-state index >= 15 is 0 Å². The molecule has 4 rings (SSSR count). The molecule has 8 nitrogen and oxygen atoms in total. The minimum absolute atomic E-state index is 0.0738. The van der Waals surface area contributed by atoms with Gasteiger partial charge >= 0.3 is 5.97 Å². The molecule has 3 aromatic rings. The summed E-state index contributed by atoms with van der Waals surface area (Å²) in [6, 6.07) is 7.67. The number of hydrogen-bond acceptors (Lipinski definition) is 7. The third-order valence-corrected chi connectivity index (χ3v) is 6.31. The first kappa shape index (κ1) is 26.3. The van der Waals surface area contributed by atoms with E-state index in [0.29, 0.717) is 43.5 Å². The summed E-state index contributed by atoms with van der Waals surface area (Å²) in [6.45, 7) is 9.44. The Balaban J connectivity index is 1.53. The molecule has 1 aliphatic rings. The van der Waals surface area contributed by atoms with Crippen LogP contribution in [0.5, 0.6) is 5.75 Å². The number of esters is 1. The molecule has 2 aromatic heterocycles. The molecular formula is C29H34N2O6. The zero-order valence-electron chi connectivity index (χ0n) is 21.9. The van der Waals surface area contributed by atoms with E-state index in [4.69, 9.17) is 18.3 Å². The number of furan rings is 1. The van der Waals surface area contributed by atoms with Crippen molar-refractivity contribution in [3.8, 4) is 5.75 Å². The molecule has 0 N–H and O–H groups in total. The van der Waals surface area contributed by atoms with Crippen molar-refractivity contribution in [1.82, 2.24) is 9.88 Å². The molecule has 196 valence electrons. The Morgan fingerprint density at radius 1 is 1.24 bits per heavy atom. The van der Waals surface area contributed by atoms with Gasteiger partial charge in [-0.3, -0.25) is 9.59 Å². The second kappa shape index (κ2) is 12.0.